The van der Waals surface area contributed by atoms with Crippen molar-refractivity contribution in [3.8, 4) is 16.9 Å². The van der Waals surface area contributed by atoms with Gasteiger partial charge in [0, 0.05) is 17.1 Å². The standard InChI is InChI=1S/C21H21ClFN3O/c1-2-3-4-13-24-21(27)20-14-19(15-5-9-17(23)10-6-15)25-26(20)18-11-7-16(22)8-12-18/h5-12,14H,2-4,13H2,1H3,(H,24,27). The highest BCUT2D eigenvalue weighted by atomic mass is 35.5. The van der Waals surface area contributed by atoms with Gasteiger partial charge in [0.1, 0.15) is 11.5 Å². The summed E-state index contributed by atoms with van der Waals surface area (Å²) in [4.78, 5) is 12.7. The van der Waals surface area contributed by atoms with Crippen molar-refractivity contribution in [2.45, 2.75) is 26.2 Å². The number of hydrogen-bond acceptors (Lipinski definition) is 2. The highest BCUT2D eigenvalue weighted by Crippen LogP contribution is 2.23. The molecule has 0 aliphatic rings. The Labute approximate surface area is 163 Å². The molecule has 27 heavy (non-hydrogen) atoms. The molecule has 2 aromatic carbocycles. The van der Waals surface area contributed by atoms with E-state index in [1.807, 2.05) is 0 Å². The summed E-state index contributed by atoms with van der Waals surface area (Å²) < 4.78 is 14.8. The third-order valence-electron chi connectivity index (χ3n) is 4.22. The number of unbranched alkanes of at least 4 members (excludes halogenated alkanes) is 2. The molecule has 4 nitrogen and oxygen atoms in total. The first-order valence-corrected chi connectivity index (χ1v) is 9.36. The number of carbonyl (C=O) groups is 1. The summed E-state index contributed by atoms with van der Waals surface area (Å²) in [5.41, 5.74) is 2.49. The Morgan fingerprint density at radius 3 is 2.48 bits per heavy atom. The van der Waals surface area contributed by atoms with Crippen molar-refractivity contribution in [2.75, 3.05) is 6.54 Å². The number of nitrogens with one attached hydrogen (secondary N) is 1. The fourth-order valence-corrected chi connectivity index (χ4v) is 2.88. The van der Waals surface area contributed by atoms with E-state index in [1.165, 1.54) is 12.1 Å². The molecule has 0 unspecified atom stereocenters. The molecule has 0 saturated carbocycles. The fraction of sp³-hybridized carbons (Fsp3) is 0.238. The summed E-state index contributed by atoms with van der Waals surface area (Å²) >= 11 is 5.97. The first-order valence-electron chi connectivity index (χ1n) is 8.98. The third kappa shape index (κ3) is 4.74. The Balaban J connectivity index is 1.94. The number of halogens is 2. The van der Waals surface area contributed by atoms with Gasteiger partial charge in [0.2, 0.25) is 0 Å². The van der Waals surface area contributed by atoms with Crippen LogP contribution < -0.4 is 5.32 Å². The molecule has 1 N–H and O–H groups in total. The van der Waals surface area contributed by atoms with Crippen LogP contribution in [0.1, 0.15) is 36.7 Å². The van der Waals surface area contributed by atoms with Gasteiger partial charge in [-0.3, -0.25) is 4.79 Å². The van der Waals surface area contributed by atoms with Crippen molar-refractivity contribution in [2.24, 2.45) is 0 Å². The average Bonchev–Trinajstić information content (AvgIpc) is 3.12. The van der Waals surface area contributed by atoms with Gasteiger partial charge in [0.15, 0.2) is 0 Å². The van der Waals surface area contributed by atoms with Crippen molar-refractivity contribution in [3.63, 3.8) is 0 Å². The fourth-order valence-electron chi connectivity index (χ4n) is 2.75. The minimum Gasteiger partial charge on any atom is -0.351 e. The molecular weight excluding hydrogens is 365 g/mol. The number of aromatic nitrogens is 2. The first-order chi connectivity index (χ1) is 13.1. The molecule has 0 aliphatic heterocycles. The van der Waals surface area contributed by atoms with Gasteiger partial charge in [0.05, 0.1) is 11.4 Å². The minimum absolute atomic E-state index is 0.193. The number of benzene rings is 2. The van der Waals surface area contributed by atoms with Gasteiger partial charge in [-0.05, 0) is 61.0 Å². The van der Waals surface area contributed by atoms with Crippen LogP contribution in [0.25, 0.3) is 16.9 Å². The van der Waals surface area contributed by atoms with Crippen LogP contribution in [0, 0.1) is 5.82 Å². The van der Waals surface area contributed by atoms with E-state index in [-0.39, 0.29) is 11.7 Å². The van der Waals surface area contributed by atoms with E-state index in [2.05, 4.69) is 17.3 Å². The molecule has 0 bridgehead atoms. The maximum absolute atomic E-state index is 13.2. The lowest BCUT2D eigenvalue weighted by Gasteiger charge is -2.08. The topological polar surface area (TPSA) is 46.9 Å². The molecule has 140 valence electrons. The van der Waals surface area contributed by atoms with Gasteiger partial charge in [-0.15, -0.1) is 0 Å². The normalized spacial score (nSPS) is 10.8. The van der Waals surface area contributed by atoms with E-state index in [4.69, 9.17) is 11.6 Å². The van der Waals surface area contributed by atoms with E-state index >= 15 is 0 Å². The van der Waals surface area contributed by atoms with Gasteiger partial charge in [-0.25, -0.2) is 9.07 Å². The van der Waals surface area contributed by atoms with E-state index < -0.39 is 0 Å². The van der Waals surface area contributed by atoms with Crippen molar-refractivity contribution in [1.29, 1.82) is 0 Å². The molecule has 0 aliphatic carbocycles. The zero-order valence-corrected chi connectivity index (χ0v) is 15.8. The number of nitrogens with zero attached hydrogens (tertiary/aromatic N) is 2. The van der Waals surface area contributed by atoms with Crippen molar-refractivity contribution < 1.29 is 9.18 Å². The third-order valence-corrected chi connectivity index (χ3v) is 4.47. The van der Waals surface area contributed by atoms with Gasteiger partial charge in [0.25, 0.3) is 5.91 Å². The van der Waals surface area contributed by atoms with Gasteiger partial charge >= 0.3 is 0 Å². The molecule has 6 heteroatoms. The van der Waals surface area contributed by atoms with Crippen LogP contribution in [0.4, 0.5) is 4.39 Å². The predicted octanol–water partition coefficient (Wildman–Crippen LogP) is 5.25. The van der Waals surface area contributed by atoms with Gasteiger partial charge < -0.3 is 5.32 Å². The second-order valence-electron chi connectivity index (χ2n) is 6.27. The number of carbonyl (C=O) groups excluding carboxylic acids is 1. The number of amides is 1. The zero-order valence-electron chi connectivity index (χ0n) is 15.1. The van der Waals surface area contributed by atoms with Crippen LogP contribution in [0.5, 0.6) is 0 Å². The van der Waals surface area contributed by atoms with Gasteiger partial charge in [-0.2, -0.15) is 5.10 Å². The van der Waals surface area contributed by atoms with E-state index in [0.29, 0.717) is 23.0 Å². The Bertz CT molecular complexity index is 904. The van der Waals surface area contributed by atoms with Crippen LogP contribution in [-0.4, -0.2) is 22.2 Å². The highest BCUT2D eigenvalue weighted by molar-refractivity contribution is 6.30. The molecule has 1 heterocycles. The summed E-state index contributed by atoms with van der Waals surface area (Å²) in [6.07, 6.45) is 3.09. The Hall–Kier alpha value is -2.66. The first kappa shape index (κ1) is 19.1. The second-order valence-corrected chi connectivity index (χ2v) is 6.71. The van der Waals surface area contributed by atoms with Crippen LogP contribution >= 0.6 is 11.6 Å². The molecular formula is C21H21ClFN3O. The van der Waals surface area contributed by atoms with Gasteiger partial charge in [-0.1, -0.05) is 31.4 Å². The number of hydrogen-bond donors (Lipinski definition) is 1. The molecule has 0 saturated heterocycles. The Morgan fingerprint density at radius 1 is 1.11 bits per heavy atom. The minimum atomic E-state index is -0.315. The summed E-state index contributed by atoms with van der Waals surface area (Å²) in [6, 6.07) is 14.9. The molecule has 0 atom stereocenters. The lowest BCUT2D eigenvalue weighted by molar-refractivity contribution is 0.0945. The monoisotopic (exact) mass is 385 g/mol. The molecule has 0 radical (unpaired) electrons. The summed E-state index contributed by atoms with van der Waals surface area (Å²) in [5, 5.41) is 8.12. The van der Waals surface area contributed by atoms with Crippen LogP contribution in [0.2, 0.25) is 5.02 Å². The highest BCUT2D eigenvalue weighted by Gasteiger charge is 2.17. The molecule has 0 fully saturated rings. The molecule has 3 aromatic rings. The van der Waals surface area contributed by atoms with Crippen LogP contribution in [-0.2, 0) is 0 Å². The maximum Gasteiger partial charge on any atom is 0.270 e. The van der Waals surface area contributed by atoms with Crippen molar-refractivity contribution in [3.05, 3.63) is 71.1 Å². The zero-order chi connectivity index (χ0) is 19.2. The number of rotatable bonds is 7. The average molecular weight is 386 g/mol. The Kier molecular flexibility index (Phi) is 6.24. The van der Waals surface area contributed by atoms with Crippen molar-refractivity contribution >= 4 is 17.5 Å². The molecule has 1 amide bonds. The maximum atomic E-state index is 13.2. The predicted molar refractivity (Wildman–Crippen MR) is 106 cm³/mol. The summed E-state index contributed by atoms with van der Waals surface area (Å²) in [6.45, 7) is 2.73. The second kappa shape index (κ2) is 8.82. The quantitative estimate of drug-likeness (QED) is 0.564. The van der Waals surface area contributed by atoms with E-state index in [0.717, 1.165) is 30.5 Å². The smallest absolute Gasteiger partial charge is 0.270 e. The molecule has 0 spiro atoms. The largest absolute Gasteiger partial charge is 0.351 e. The van der Waals surface area contributed by atoms with Crippen molar-refractivity contribution in [1.82, 2.24) is 15.1 Å². The summed E-state index contributed by atoms with van der Waals surface area (Å²) in [7, 11) is 0. The van der Waals surface area contributed by atoms with Crippen LogP contribution in [0.15, 0.2) is 54.6 Å². The lowest BCUT2D eigenvalue weighted by atomic mass is 10.1. The van der Waals surface area contributed by atoms with E-state index in [1.54, 1.807) is 47.1 Å². The summed E-state index contributed by atoms with van der Waals surface area (Å²) in [5.74, 6) is -0.508. The van der Waals surface area contributed by atoms with E-state index in [9.17, 15) is 9.18 Å². The van der Waals surface area contributed by atoms with Crippen LogP contribution in [0.3, 0.4) is 0 Å². The Morgan fingerprint density at radius 2 is 1.81 bits per heavy atom. The lowest BCUT2D eigenvalue weighted by Crippen LogP contribution is -2.26. The molecule has 3 rings (SSSR count). The molecule has 1 aromatic heterocycles. The SMILES string of the molecule is CCCCCNC(=O)c1cc(-c2ccc(F)cc2)nn1-c1ccc(Cl)cc1.